The van der Waals surface area contributed by atoms with Crippen LogP contribution in [0.25, 0.3) is 11.2 Å². The minimum atomic E-state index is -0.797. The number of nitrogens with one attached hydrogen (secondary N) is 2. The summed E-state index contributed by atoms with van der Waals surface area (Å²) in [4.78, 5) is 25.8. The quantitative estimate of drug-likeness (QED) is 0.339. The Kier molecular flexibility index (Phi) is 7.17. The van der Waals surface area contributed by atoms with Crippen molar-refractivity contribution in [3.63, 3.8) is 0 Å². The first-order valence-electron chi connectivity index (χ1n) is 12.4. The lowest BCUT2D eigenvalue weighted by Crippen LogP contribution is -2.36. The third-order valence-electron chi connectivity index (χ3n) is 7.57. The van der Waals surface area contributed by atoms with Crippen LogP contribution in [0.15, 0.2) is 18.3 Å². The Hall–Kier alpha value is -2.69. The summed E-state index contributed by atoms with van der Waals surface area (Å²) in [7, 11) is 0. The number of ether oxygens (including phenoxy) is 1. The van der Waals surface area contributed by atoms with Gasteiger partial charge in [0.25, 0.3) is 0 Å². The van der Waals surface area contributed by atoms with E-state index in [4.69, 9.17) is 32.9 Å². The van der Waals surface area contributed by atoms with E-state index in [0.717, 1.165) is 6.42 Å². The standard InChI is InChI=1S/C25H29Cl2FN6O3/c1-13-12-37-8-5-18(13)30-23-29-11-19-21(33-23)34(15-3-6-25(2,7-4-15)22(35)36)24(31-19)32-20-16(27)9-14(26)10-17(20)28/h9-11,13,15,18H,3-8,12H2,1-2H3,(H,31,32)(H,35,36)(H,29,30,33)/t13-,15-,18-,25-/m1/s1. The van der Waals surface area contributed by atoms with Crippen molar-refractivity contribution in [2.45, 2.75) is 58.0 Å². The zero-order chi connectivity index (χ0) is 26.3. The monoisotopic (exact) mass is 550 g/mol. The third-order valence-corrected chi connectivity index (χ3v) is 8.09. The number of hydrogen-bond acceptors (Lipinski definition) is 7. The van der Waals surface area contributed by atoms with Crippen LogP contribution in [0, 0.1) is 17.2 Å². The van der Waals surface area contributed by atoms with Crippen LogP contribution in [-0.4, -0.2) is 49.9 Å². The van der Waals surface area contributed by atoms with E-state index in [1.165, 1.54) is 12.1 Å². The summed E-state index contributed by atoms with van der Waals surface area (Å²) in [5.41, 5.74) is 0.378. The van der Waals surface area contributed by atoms with Crippen LogP contribution in [0.1, 0.15) is 52.0 Å². The van der Waals surface area contributed by atoms with Gasteiger partial charge >= 0.3 is 5.97 Å². The second-order valence-electron chi connectivity index (χ2n) is 10.3. The highest BCUT2D eigenvalue weighted by atomic mass is 35.5. The molecule has 2 fully saturated rings. The Balaban J connectivity index is 1.54. The number of nitrogens with zero attached hydrogens (tertiary/aromatic N) is 4. The Morgan fingerprint density at radius 1 is 1.24 bits per heavy atom. The summed E-state index contributed by atoms with van der Waals surface area (Å²) >= 11 is 12.3. The Bertz CT molecular complexity index is 1300. The fourth-order valence-electron chi connectivity index (χ4n) is 5.14. The van der Waals surface area contributed by atoms with Crippen molar-refractivity contribution >= 4 is 57.9 Å². The molecule has 1 aromatic carbocycles. The molecule has 0 spiro atoms. The fourth-order valence-corrected chi connectivity index (χ4v) is 5.66. The number of anilines is 3. The molecule has 3 N–H and O–H groups in total. The molecule has 0 unspecified atom stereocenters. The molecule has 198 valence electrons. The van der Waals surface area contributed by atoms with Gasteiger partial charge in [-0.05, 0) is 57.1 Å². The van der Waals surface area contributed by atoms with Crippen molar-refractivity contribution in [1.82, 2.24) is 19.5 Å². The van der Waals surface area contributed by atoms with Crippen LogP contribution < -0.4 is 10.6 Å². The molecule has 3 heterocycles. The molecule has 1 saturated carbocycles. The van der Waals surface area contributed by atoms with Crippen molar-refractivity contribution in [2.24, 2.45) is 11.3 Å². The van der Waals surface area contributed by atoms with Gasteiger partial charge in [-0.1, -0.05) is 30.1 Å². The highest BCUT2D eigenvalue weighted by molar-refractivity contribution is 6.36. The van der Waals surface area contributed by atoms with Crippen LogP contribution in [0.5, 0.6) is 0 Å². The average Bonchev–Trinajstić information content (AvgIpc) is 3.20. The zero-order valence-corrected chi connectivity index (χ0v) is 22.1. The highest BCUT2D eigenvalue weighted by Gasteiger charge is 2.39. The van der Waals surface area contributed by atoms with E-state index in [1.807, 2.05) is 4.57 Å². The molecule has 0 radical (unpaired) electrons. The van der Waals surface area contributed by atoms with E-state index >= 15 is 0 Å². The number of aromatic nitrogens is 4. The lowest BCUT2D eigenvalue weighted by Gasteiger charge is -2.35. The number of halogens is 3. The molecule has 5 rings (SSSR count). The molecule has 0 bridgehead atoms. The van der Waals surface area contributed by atoms with E-state index < -0.39 is 17.2 Å². The first-order chi connectivity index (χ1) is 17.6. The maximum atomic E-state index is 14.8. The van der Waals surface area contributed by atoms with E-state index in [1.54, 1.807) is 13.1 Å². The van der Waals surface area contributed by atoms with Crippen LogP contribution in [0.3, 0.4) is 0 Å². The summed E-state index contributed by atoms with van der Waals surface area (Å²) in [6, 6.07) is 2.71. The molecule has 12 heteroatoms. The van der Waals surface area contributed by atoms with Gasteiger partial charge in [-0.3, -0.25) is 9.36 Å². The summed E-state index contributed by atoms with van der Waals surface area (Å²) in [6.45, 7) is 5.24. The predicted molar refractivity (Wildman–Crippen MR) is 140 cm³/mol. The number of imidazole rings is 1. The van der Waals surface area contributed by atoms with E-state index in [2.05, 4.69) is 27.5 Å². The molecule has 2 aromatic heterocycles. The van der Waals surface area contributed by atoms with Crippen LogP contribution in [-0.2, 0) is 9.53 Å². The largest absolute Gasteiger partial charge is 0.481 e. The summed E-state index contributed by atoms with van der Waals surface area (Å²) in [6.07, 6.45) is 4.68. The van der Waals surface area contributed by atoms with E-state index in [9.17, 15) is 14.3 Å². The molecule has 9 nitrogen and oxygen atoms in total. The van der Waals surface area contributed by atoms with Crippen molar-refractivity contribution in [3.8, 4) is 0 Å². The van der Waals surface area contributed by atoms with Crippen molar-refractivity contribution in [2.75, 3.05) is 23.8 Å². The Morgan fingerprint density at radius 2 is 2.00 bits per heavy atom. The molecule has 1 aliphatic heterocycles. The van der Waals surface area contributed by atoms with Gasteiger partial charge in [0.2, 0.25) is 11.9 Å². The lowest BCUT2D eigenvalue weighted by molar-refractivity contribution is -0.150. The molecule has 2 aliphatic rings. The SMILES string of the molecule is C[C@@H]1COCC[C@H]1Nc1ncc2nc(Nc3c(F)cc(Cl)cc3Cl)n([C@H]3CC[C@](C)(C(=O)O)CC3)c2n1. The maximum absolute atomic E-state index is 14.8. The zero-order valence-electron chi connectivity index (χ0n) is 20.6. The van der Waals surface area contributed by atoms with Crippen LogP contribution in [0.2, 0.25) is 10.0 Å². The van der Waals surface area contributed by atoms with Crippen molar-refractivity contribution < 1.29 is 19.0 Å². The number of carboxylic acids is 1. The van der Waals surface area contributed by atoms with Gasteiger partial charge in [0.1, 0.15) is 11.3 Å². The molecule has 3 aromatic rings. The molecule has 2 atom stereocenters. The first-order valence-corrected chi connectivity index (χ1v) is 13.1. The smallest absolute Gasteiger partial charge is 0.309 e. The van der Waals surface area contributed by atoms with Crippen LogP contribution >= 0.6 is 23.2 Å². The van der Waals surface area contributed by atoms with Crippen molar-refractivity contribution in [1.29, 1.82) is 0 Å². The van der Waals surface area contributed by atoms with Gasteiger partial charge in [0, 0.05) is 23.7 Å². The van der Waals surface area contributed by atoms with Gasteiger partial charge in [-0.25, -0.2) is 14.4 Å². The number of carbonyl (C=O) groups is 1. The van der Waals surface area contributed by atoms with E-state index in [-0.39, 0.29) is 27.8 Å². The molecular weight excluding hydrogens is 522 g/mol. The topological polar surface area (TPSA) is 114 Å². The van der Waals surface area contributed by atoms with Gasteiger partial charge in [0.05, 0.1) is 28.9 Å². The maximum Gasteiger partial charge on any atom is 0.309 e. The fraction of sp³-hybridized carbons (Fsp3) is 0.520. The van der Waals surface area contributed by atoms with Crippen LogP contribution in [0.4, 0.5) is 22.0 Å². The molecular formula is C25H29Cl2FN6O3. The number of aliphatic carboxylic acids is 1. The van der Waals surface area contributed by atoms with Gasteiger partial charge in [0.15, 0.2) is 5.65 Å². The summed E-state index contributed by atoms with van der Waals surface area (Å²) in [5.74, 6) is -0.277. The number of fused-ring (bicyclic) bond motifs is 1. The normalized spacial score (nSPS) is 26.2. The second kappa shape index (κ2) is 10.2. The Morgan fingerprint density at radius 3 is 2.68 bits per heavy atom. The van der Waals surface area contributed by atoms with E-state index in [0.29, 0.717) is 67.9 Å². The van der Waals surface area contributed by atoms with Gasteiger partial charge in [-0.15, -0.1) is 0 Å². The highest BCUT2D eigenvalue weighted by Crippen LogP contribution is 2.43. The van der Waals surface area contributed by atoms with Gasteiger partial charge < -0.3 is 20.5 Å². The first kappa shape index (κ1) is 25.9. The number of benzene rings is 1. The van der Waals surface area contributed by atoms with Gasteiger partial charge in [-0.2, -0.15) is 4.98 Å². The minimum absolute atomic E-state index is 0.0520. The molecule has 1 aliphatic carbocycles. The molecule has 1 saturated heterocycles. The second-order valence-corrected chi connectivity index (χ2v) is 11.1. The summed E-state index contributed by atoms with van der Waals surface area (Å²) in [5, 5.41) is 16.5. The Labute approximate surface area is 223 Å². The minimum Gasteiger partial charge on any atom is -0.481 e. The predicted octanol–water partition coefficient (Wildman–Crippen LogP) is 6.06. The lowest BCUT2D eigenvalue weighted by atomic mass is 9.74. The number of carboxylic acid groups (broad SMARTS) is 1. The number of rotatable bonds is 6. The molecule has 0 amide bonds. The average molecular weight is 551 g/mol. The third kappa shape index (κ3) is 5.19. The number of hydrogen-bond donors (Lipinski definition) is 3. The summed E-state index contributed by atoms with van der Waals surface area (Å²) < 4.78 is 22.3. The molecule has 37 heavy (non-hydrogen) atoms. The van der Waals surface area contributed by atoms with Crippen molar-refractivity contribution in [3.05, 3.63) is 34.2 Å².